The first kappa shape index (κ1) is 20.9. The Labute approximate surface area is 175 Å². The number of nitrogens with one attached hydrogen (secondary N) is 2. The van der Waals surface area contributed by atoms with Crippen molar-refractivity contribution in [3.63, 3.8) is 0 Å². The van der Waals surface area contributed by atoms with E-state index in [1.54, 1.807) is 7.11 Å². The number of nitrogens with zero attached hydrogens (tertiary/aromatic N) is 2. The number of para-hydroxylation sites is 1. The van der Waals surface area contributed by atoms with Gasteiger partial charge in [0.15, 0.2) is 0 Å². The highest BCUT2D eigenvalue weighted by atomic mass is 16.7. The van der Waals surface area contributed by atoms with Crippen LogP contribution in [0.2, 0.25) is 0 Å². The van der Waals surface area contributed by atoms with Gasteiger partial charge >= 0.3 is 5.97 Å². The standard InChI is InChI=1S/C23H24N4O3/c1-17(28)30-27-23(24-16-19-11-6-7-13-21(19)29-2)26-22-14-8-12-20(25-22)15-18-9-4-3-5-10-18/h3-14H,15-16H2,1-2H3,(H2,24,25,26,27). The van der Waals surface area contributed by atoms with Gasteiger partial charge in [-0.25, -0.2) is 9.98 Å². The van der Waals surface area contributed by atoms with Crippen molar-refractivity contribution in [3.05, 3.63) is 89.6 Å². The lowest BCUT2D eigenvalue weighted by atomic mass is 10.1. The number of rotatable bonds is 6. The van der Waals surface area contributed by atoms with Crippen LogP contribution in [-0.4, -0.2) is 24.0 Å². The monoisotopic (exact) mass is 404 g/mol. The molecule has 0 atom stereocenters. The van der Waals surface area contributed by atoms with Crippen LogP contribution in [0.1, 0.15) is 23.7 Å². The fourth-order valence-corrected chi connectivity index (χ4v) is 2.79. The van der Waals surface area contributed by atoms with Crippen LogP contribution in [0, 0.1) is 0 Å². The summed E-state index contributed by atoms with van der Waals surface area (Å²) < 4.78 is 5.36. The summed E-state index contributed by atoms with van der Waals surface area (Å²) in [7, 11) is 1.61. The van der Waals surface area contributed by atoms with Crippen molar-refractivity contribution in [1.82, 2.24) is 10.5 Å². The number of ether oxygens (including phenoxy) is 1. The first-order valence-electron chi connectivity index (χ1n) is 9.50. The van der Waals surface area contributed by atoms with Crippen LogP contribution in [0.3, 0.4) is 0 Å². The third-order valence-electron chi connectivity index (χ3n) is 4.17. The molecular formula is C23H24N4O3. The van der Waals surface area contributed by atoms with Crippen molar-refractivity contribution in [2.24, 2.45) is 4.99 Å². The summed E-state index contributed by atoms with van der Waals surface area (Å²) in [5.41, 5.74) is 5.53. The van der Waals surface area contributed by atoms with E-state index in [4.69, 9.17) is 9.57 Å². The molecule has 7 nitrogen and oxygen atoms in total. The molecule has 0 unspecified atom stereocenters. The van der Waals surface area contributed by atoms with Crippen LogP contribution in [0.15, 0.2) is 77.8 Å². The third kappa shape index (κ3) is 6.34. The number of carbonyl (C=O) groups is 1. The highest BCUT2D eigenvalue weighted by molar-refractivity contribution is 5.92. The van der Waals surface area contributed by atoms with Crippen LogP contribution in [0.4, 0.5) is 5.82 Å². The molecule has 0 fully saturated rings. The number of hydrogen-bond donors (Lipinski definition) is 2. The van der Waals surface area contributed by atoms with Gasteiger partial charge in [-0.1, -0.05) is 54.6 Å². The van der Waals surface area contributed by atoms with Gasteiger partial charge in [-0.3, -0.25) is 4.79 Å². The molecule has 0 bridgehead atoms. The minimum atomic E-state index is -0.479. The fourth-order valence-electron chi connectivity index (χ4n) is 2.79. The van der Waals surface area contributed by atoms with Gasteiger partial charge < -0.3 is 14.9 Å². The van der Waals surface area contributed by atoms with Gasteiger partial charge in [0.05, 0.1) is 13.7 Å². The van der Waals surface area contributed by atoms with Crippen molar-refractivity contribution in [1.29, 1.82) is 0 Å². The molecule has 154 valence electrons. The molecular weight excluding hydrogens is 380 g/mol. The Kier molecular flexibility index (Phi) is 7.38. The molecule has 0 saturated heterocycles. The van der Waals surface area contributed by atoms with Crippen molar-refractivity contribution in [3.8, 4) is 5.75 Å². The van der Waals surface area contributed by atoms with E-state index in [0.717, 1.165) is 17.0 Å². The van der Waals surface area contributed by atoms with Gasteiger partial charge in [0.1, 0.15) is 11.6 Å². The van der Waals surface area contributed by atoms with Crippen LogP contribution in [0.5, 0.6) is 5.75 Å². The van der Waals surface area contributed by atoms with Crippen molar-refractivity contribution < 1.29 is 14.4 Å². The average Bonchev–Trinajstić information content (AvgIpc) is 2.76. The minimum Gasteiger partial charge on any atom is -0.496 e. The van der Waals surface area contributed by atoms with Crippen molar-refractivity contribution >= 4 is 17.7 Å². The second-order valence-corrected chi connectivity index (χ2v) is 6.47. The Morgan fingerprint density at radius 2 is 1.77 bits per heavy atom. The third-order valence-corrected chi connectivity index (χ3v) is 4.17. The lowest BCUT2D eigenvalue weighted by molar-refractivity contribution is -0.145. The number of hydroxylamine groups is 1. The van der Waals surface area contributed by atoms with Gasteiger partial charge in [0, 0.05) is 24.6 Å². The molecule has 0 saturated carbocycles. The molecule has 1 heterocycles. The maximum absolute atomic E-state index is 11.2. The number of anilines is 1. The first-order valence-corrected chi connectivity index (χ1v) is 9.50. The highest BCUT2D eigenvalue weighted by Crippen LogP contribution is 2.18. The van der Waals surface area contributed by atoms with Crippen LogP contribution >= 0.6 is 0 Å². The van der Waals surface area contributed by atoms with Crippen LogP contribution in [0.25, 0.3) is 0 Å². The number of hydrogen-bond acceptors (Lipinski definition) is 5. The predicted octanol–water partition coefficient (Wildman–Crippen LogP) is 3.72. The Morgan fingerprint density at radius 1 is 1.00 bits per heavy atom. The Balaban J connectivity index is 1.75. The van der Waals surface area contributed by atoms with E-state index >= 15 is 0 Å². The van der Waals surface area contributed by atoms with Crippen molar-refractivity contribution in [2.75, 3.05) is 12.4 Å². The largest absolute Gasteiger partial charge is 0.496 e. The van der Waals surface area contributed by atoms with E-state index in [-0.39, 0.29) is 5.96 Å². The molecule has 0 spiro atoms. The Hall–Kier alpha value is -3.87. The highest BCUT2D eigenvalue weighted by Gasteiger charge is 2.07. The maximum atomic E-state index is 11.2. The zero-order valence-corrected chi connectivity index (χ0v) is 17.0. The molecule has 3 rings (SSSR count). The number of methoxy groups -OCH3 is 1. The molecule has 2 N–H and O–H groups in total. The minimum absolute atomic E-state index is 0.264. The second-order valence-electron chi connectivity index (χ2n) is 6.47. The Bertz CT molecular complexity index is 1010. The van der Waals surface area contributed by atoms with E-state index in [1.165, 1.54) is 12.5 Å². The molecule has 0 aliphatic carbocycles. The summed E-state index contributed by atoms with van der Waals surface area (Å²) >= 11 is 0. The SMILES string of the molecule is COc1ccccc1CN=C(NOC(C)=O)Nc1cccc(Cc2ccccc2)n1. The number of guanidine groups is 1. The number of benzene rings is 2. The van der Waals surface area contributed by atoms with Gasteiger partial charge in [-0.05, 0) is 23.8 Å². The number of carbonyl (C=O) groups excluding carboxylic acids is 1. The lowest BCUT2D eigenvalue weighted by Gasteiger charge is -2.12. The van der Waals surface area contributed by atoms with Gasteiger partial charge in [0.2, 0.25) is 5.96 Å². The van der Waals surface area contributed by atoms with Crippen LogP contribution in [-0.2, 0) is 22.6 Å². The molecule has 7 heteroatoms. The van der Waals surface area contributed by atoms with E-state index in [2.05, 4.69) is 32.9 Å². The predicted molar refractivity (Wildman–Crippen MR) is 116 cm³/mol. The van der Waals surface area contributed by atoms with Gasteiger partial charge in [-0.15, -0.1) is 0 Å². The average molecular weight is 404 g/mol. The zero-order chi connectivity index (χ0) is 21.2. The van der Waals surface area contributed by atoms with Gasteiger partial charge in [-0.2, -0.15) is 5.48 Å². The van der Waals surface area contributed by atoms with E-state index in [9.17, 15) is 4.79 Å². The van der Waals surface area contributed by atoms with E-state index in [1.807, 2.05) is 60.7 Å². The second kappa shape index (κ2) is 10.6. The number of aromatic nitrogens is 1. The molecule has 0 amide bonds. The molecule has 30 heavy (non-hydrogen) atoms. The first-order chi connectivity index (χ1) is 14.6. The van der Waals surface area contributed by atoms with E-state index in [0.29, 0.717) is 18.8 Å². The van der Waals surface area contributed by atoms with Crippen LogP contribution < -0.4 is 15.5 Å². The summed E-state index contributed by atoms with van der Waals surface area (Å²) in [5, 5.41) is 3.08. The molecule has 0 radical (unpaired) electrons. The quantitative estimate of drug-likeness (QED) is 0.370. The van der Waals surface area contributed by atoms with Gasteiger partial charge in [0.25, 0.3) is 0 Å². The number of pyridine rings is 1. The maximum Gasteiger partial charge on any atom is 0.329 e. The number of aliphatic imine (C=N–C) groups is 1. The van der Waals surface area contributed by atoms with E-state index < -0.39 is 5.97 Å². The molecule has 3 aromatic rings. The molecule has 0 aliphatic heterocycles. The van der Waals surface area contributed by atoms with Crippen molar-refractivity contribution in [2.45, 2.75) is 19.9 Å². The molecule has 0 aliphatic rings. The smallest absolute Gasteiger partial charge is 0.329 e. The summed E-state index contributed by atoms with van der Waals surface area (Å²) in [6, 6.07) is 23.4. The summed E-state index contributed by atoms with van der Waals surface area (Å²) in [6.07, 6.45) is 0.710. The molecule has 2 aromatic carbocycles. The Morgan fingerprint density at radius 3 is 2.53 bits per heavy atom. The lowest BCUT2D eigenvalue weighted by Crippen LogP contribution is -2.33. The zero-order valence-electron chi connectivity index (χ0n) is 17.0. The topological polar surface area (TPSA) is 84.8 Å². The summed E-state index contributed by atoms with van der Waals surface area (Å²) in [6.45, 7) is 1.63. The summed E-state index contributed by atoms with van der Waals surface area (Å²) in [4.78, 5) is 25.2. The normalized spacial score (nSPS) is 10.9. The molecule has 1 aromatic heterocycles. The fraction of sp³-hybridized carbons (Fsp3) is 0.174. The summed E-state index contributed by atoms with van der Waals surface area (Å²) in [5.74, 6) is 1.10.